The lowest BCUT2D eigenvalue weighted by molar-refractivity contribution is 0.0262. The first-order valence-electron chi connectivity index (χ1n) is 7.94. The highest BCUT2D eigenvalue weighted by molar-refractivity contribution is 5.68. The van der Waals surface area contributed by atoms with Gasteiger partial charge in [0.2, 0.25) is 0 Å². The monoisotopic (exact) mass is 310 g/mol. The van der Waals surface area contributed by atoms with Crippen LogP contribution >= 0.6 is 0 Å². The summed E-state index contributed by atoms with van der Waals surface area (Å²) in [5.74, 6) is 0. The van der Waals surface area contributed by atoms with Gasteiger partial charge in [-0.25, -0.2) is 9.78 Å². The van der Waals surface area contributed by atoms with Gasteiger partial charge in [0, 0.05) is 38.4 Å². The summed E-state index contributed by atoms with van der Waals surface area (Å²) < 4.78 is 7.53. The van der Waals surface area contributed by atoms with E-state index in [0.717, 1.165) is 18.8 Å². The molecule has 0 aliphatic carbocycles. The van der Waals surface area contributed by atoms with Crippen molar-refractivity contribution in [2.75, 3.05) is 19.6 Å². The van der Waals surface area contributed by atoms with Crippen molar-refractivity contribution >= 4 is 6.09 Å². The van der Waals surface area contributed by atoms with E-state index in [1.807, 2.05) is 40.2 Å². The molecule has 0 saturated carbocycles. The second kappa shape index (κ2) is 8.17. The first kappa shape index (κ1) is 18.5. The summed E-state index contributed by atoms with van der Waals surface area (Å²) in [4.78, 5) is 17.9. The van der Waals surface area contributed by atoms with Crippen molar-refractivity contribution in [2.45, 2.75) is 59.7 Å². The van der Waals surface area contributed by atoms with Crippen LogP contribution in [0.3, 0.4) is 0 Å². The first-order chi connectivity index (χ1) is 10.2. The lowest BCUT2D eigenvalue weighted by atomic mass is 10.2. The van der Waals surface area contributed by atoms with Crippen LogP contribution < -0.4 is 5.32 Å². The van der Waals surface area contributed by atoms with Crippen LogP contribution in [0.15, 0.2) is 12.5 Å². The Morgan fingerprint density at radius 3 is 2.68 bits per heavy atom. The molecule has 1 rings (SSSR count). The lowest BCUT2D eigenvalue weighted by Gasteiger charge is -2.26. The highest BCUT2D eigenvalue weighted by Crippen LogP contribution is 2.10. The van der Waals surface area contributed by atoms with Gasteiger partial charge in [-0.1, -0.05) is 0 Å². The van der Waals surface area contributed by atoms with Crippen LogP contribution in [-0.4, -0.2) is 45.8 Å². The van der Waals surface area contributed by atoms with Crippen molar-refractivity contribution in [3.05, 3.63) is 18.2 Å². The SMILES string of the molecule is CCN(CCNCc1cncn1C(C)C)C(=O)OC(C)(C)C. The minimum absolute atomic E-state index is 0.260. The molecular weight excluding hydrogens is 280 g/mol. The van der Waals surface area contributed by atoms with Crippen LogP contribution in [0, 0.1) is 0 Å². The number of carbonyl (C=O) groups excluding carboxylic acids is 1. The van der Waals surface area contributed by atoms with E-state index in [4.69, 9.17) is 4.74 Å². The number of ether oxygens (including phenoxy) is 1. The summed E-state index contributed by atoms with van der Waals surface area (Å²) in [7, 11) is 0. The van der Waals surface area contributed by atoms with Crippen LogP contribution in [0.5, 0.6) is 0 Å². The number of aromatic nitrogens is 2. The number of nitrogens with one attached hydrogen (secondary N) is 1. The van der Waals surface area contributed by atoms with Gasteiger partial charge in [0.05, 0.1) is 12.0 Å². The van der Waals surface area contributed by atoms with Crippen molar-refractivity contribution in [1.82, 2.24) is 19.8 Å². The Bertz CT molecular complexity index is 463. The molecule has 22 heavy (non-hydrogen) atoms. The quantitative estimate of drug-likeness (QED) is 0.787. The number of imidazole rings is 1. The number of nitrogens with zero attached hydrogens (tertiary/aromatic N) is 3. The van der Waals surface area contributed by atoms with Gasteiger partial charge in [0.25, 0.3) is 0 Å². The number of carbonyl (C=O) groups is 1. The zero-order valence-corrected chi connectivity index (χ0v) is 14.7. The molecule has 1 amide bonds. The zero-order chi connectivity index (χ0) is 16.8. The number of amides is 1. The third kappa shape index (κ3) is 6.05. The summed E-state index contributed by atoms with van der Waals surface area (Å²) in [5.41, 5.74) is 0.692. The molecule has 0 radical (unpaired) electrons. The molecule has 0 fully saturated rings. The Labute approximate surface area is 133 Å². The average Bonchev–Trinajstić information content (AvgIpc) is 2.85. The van der Waals surface area contributed by atoms with Gasteiger partial charge < -0.3 is 19.5 Å². The fraction of sp³-hybridized carbons (Fsp3) is 0.750. The topological polar surface area (TPSA) is 59.4 Å². The molecular formula is C16H30N4O2. The molecule has 1 heterocycles. The molecule has 1 aromatic rings. The maximum Gasteiger partial charge on any atom is 0.410 e. The number of likely N-dealkylation sites (N-methyl/N-ethyl adjacent to an activating group) is 1. The Morgan fingerprint density at radius 2 is 2.14 bits per heavy atom. The van der Waals surface area contributed by atoms with Crippen molar-refractivity contribution in [1.29, 1.82) is 0 Å². The molecule has 6 nitrogen and oxygen atoms in total. The van der Waals surface area contributed by atoms with Crippen LogP contribution in [0.25, 0.3) is 0 Å². The van der Waals surface area contributed by atoms with Gasteiger partial charge in [0.1, 0.15) is 5.60 Å². The Kier molecular flexibility index (Phi) is 6.87. The highest BCUT2D eigenvalue weighted by atomic mass is 16.6. The van der Waals surface area contributed by atoms with E-state index in [2.05, 4.69) is 28.7 Å². The Morgan fingerprint density at radius 1 is 1.45 bits per heavy atom. The number of hydrogen-bond acceptors (Lipinski definition) is 4. The average molecular weight is 310 g/mol. The second-order valence-corrected chi connectivity index (χ2v) is 6.62. The maximum atomic E-state index is 12.0. The van der Waals surface area contributed by atoms with Crippen LogP contribution in [-0.2, 0) is 11.3 Å². The van der Waals surface area contributed by atoms with Gasteiger partial charge in [-0.05, 0) is 41.5 Å². The van der Waals surface area contributed by atoms with Crippen molar-refractivity contribution in [2.24, 2.45) is 0 Å². The number of hydrogen-bond donors (Lipinski definition) is 1. The van der Waals surface area contributed by atoms with Crippen molar-refractivity contribution in [3.8, 4) is 0 Å². The minimum atomic E-state index is -0.457. The molecule has 126 valence electrons. The maximum absolute atomic E-state index is 12.0. The van der Waals surface area contributed by atoms with E-state index >= 15 is 0 Å². The molecule has 0 unspecified atom stereocenters. The normalized spacial score (nSPS) is 11.8. The molecule has 0 aromatic carbocycles. The van der Waals surface area contributed by atoms with Crippen LogP contribution in [0.2, 0.25) is 0 Å². The van der Waals surface area contributed by atoms with Gasteiger partial charge in [-0.15, -0.1) is 0 Å². The van der Waals surface area contributed by atoms with E-state index in [9.17, 15) is 4.79 Å². The lowest BCUT2D eigenvalue weighted by Crippen LogP contribution is -2.40. The molecule has 0 saturated heterocycles. The molecule has 0 bridgehead atoms. The molecule has 0 atom stereocenters. The van der Waals surface area contributed by atoms with Gasteiger partial charge in [-0.3, -0.25) is 0 Å². The third-order valence-electron chi connectivity index (χ3n) is 3.20. The largest absolute Gasteiger partial charge is 0.444 e. The van der Waals surface area contributed by atoms with E-state index in [-0.39, 0.29) is 6.09 Å². The van der Waals surface area contributed by atoms with Crippen molar-refractivity contribution < 1.29 is 9.53 Å². The van der Waals surface area contributed by atoms with Gasteiger partial charge >= 0.3 is 6.09 Å². The predicted molar refractivity (Wildman–Crippen MR) is 87.8 cm³/mol. The fourth-order valence-corrected chi connectivity index (χ4v) is 2.07. The molecule has 1 N–H and O–H groups in total. The summed E-state index contributed by atoms with van der Waals surface area (Å²) in [6.07, 6.45) is 3.46. The number of rotatable bonds is 7. The summed E-state index contributed by atoms with van der Waals surface area (Å²) in [6.45, 7) is 14.6. The van der Waals surface area contributed by atoms with Crippen molar-refractivity contribution in [3.63, 3.8) is 0 Å². The third-order valence-corrected chi connectivity index (χ3v) is 3.20. The predicted octanol–water partition coefficient (Wildman–Crippen LogP) is 2.81. The van der Waals surface area contributed by atoms with E-state index in [0.29, 0.717) is 19.1 Å². The summed E-state index contributed by atoms with van der Waals surface area (Å²) in [6, 6.07) is 0.396. The molecule has 1 aromatic heterocycles. The van der Waals surface area contributed by atoms with E-state index in [1.54, 1.807) is 4.90 Å². The smallest absolute Gasteiger partial charge is 0.410 e. The summed E-state index contributed by atoms with van der Waals surface area (Å²) >= 11 is 0. The Balaban J connectivity index is 2.38. The van der Waals surface area contributed by atoms with E-state index in [1.165, 1.54) is 0 Å². The highest BCUT2D eigenvalue weighted by Gasteiger charge is 2.20. The van der Waals surface area contributed by atoms with E-state index < -0.39 is 5.60 Å². The zero-order valence-electron chi connectivity index (χ0n) is 14.7. The van der Waals surface area contributed by atoms with Crippen LogP contribution in [0.1, 0.15) is 53.3 Å². The molecule has 0 aliphatic heterocycles. The van der Waals surface area contributed by atoms with Gasteiger partial charge in [0.15, 0.2) is 0 Å². The second-order valence-electron chi connectivity index (χ2n) is 6.62. The molecule has 0 aliphatic rings. The molecule has 6 heteroatoms. The fourth-order valence-electron chi connectivity index (χ4n) is 2.07. The van der Waals surface area contributed by atoms with Crippen LogP contribution in [0.4, 0.5) is 4.79 Å². The molecule has 0 spiro atoms. The Hall–Kier alpha value is -1.56. The standard InChI is InChI=1S/C16H30N4O2/c1-7-19(15(21)22-16(4,5)6)9-8-17-10-14-11-18-12-20(14)13(2)3/h11-13,17H,7-10H2,1-6H3. The first-order valence-corrected chi connectivity index (χ1v) is 7.94. The minimum Gasteiger partial charge on any atom is -0.444 e. The van der Waals surface area contributed by atoms with Gasteiger partial charge in [-0.2, -0.15) is 0 Å². The summed E-state index contributed by atoms with van der Waals surface area (Å²) in [5, 5.41) is 3.36.